The molecule has 1 aromatic heterocycles. The van der Waals surface area contributed by atoms with Crippen LogP contribution in [-0.4, -0.2) is 21.1 Å². The first kappa shape index (κ1) is 15.9. The molecule has 0 saturated carbocycles. The number of halogens is 3. The Bertz CT molecular complexity index is 931. The smallest absolute Gasteiger partial charge is 0.216 e. The molecule has 0 aliphatic rings. The van der Waals surface area contributed by atoms with Crippen molar-refractivity contribution in [2.45, 2.75) is 0 Å². The highest BCUT2D eigenvalue weighted by Gasteiger charge is 2.08. The fourth-order valence-corrected chi connectivity index (χ4v) is 2.46. The van der Waals surface area contributed by atoms with Crippen molar-refractivity contribution in [3.63, 3.8) is 0 Å². The van der Waals surface area contributed by atoms with Crippen LogP contribution in [0.15, 0.2) is 47.6 Å². The van der Waals surface area contributed by atoms with Gasteiger partial charge < -0.3 is 0 Å². The van der Waals surface area contributed by atoms with Crippen molar-refractivity contribution in [1.29, 1.82) is 0 Å². The van der Waals surface area contributed by atoms with Gasteiger partial charge in [0.05, 0.1) is 16.3 Å². The molecule has 0 radical (unpaired) electrons. The number of hydrogen-bond acceptors (Lipinski definition) is 3. The first-order valence-electron chi connectivity index (χ1n) is 6.48. The van der Waals surface area contributed by atoms with E-state index in [2.05, 4.69) is 15.3 Å². The molecule has 0 saturated heterocycles. The summed E-state index contributed by atoms with van der Waals surface area (Å²) in [7, 11) is 0. The largest absolute Gasteiger partial charge is 0.250 e. The standard InChI is InChI=1S/C15H9Cl2FN4S/c16-12-3-1-2-10(13(12)17)8-19-22-14(20-21-15(22)23)9-4-6-11(18)7-5-9/h1-8H,(H,21,23). The predicted molar refractivity (Wildman–Crippen MR) is 92.3 cm³/mol. The summed E-state index contributed by atoms with van der Waals surface area (Å²) in [6.07, 6.45) is 1.53. The molecule has 2 aromatic carbocycles. The molecule has 0 amide bonds. The van der Waals surface area contributed by atoms with E-state index in [-0.39, 0.29) is 5.82 Å². The van der Waals surface area contributed by atoms with E-state index in [0.29, 0.717) is 31.8 Å². The summed E-state index contributed by atoms with van der Waals surface area (Å²) in [5, 5.41) is 11.9. The molecule has 3 aromatic rings. The maximum atomic E-state index is 13.0. The Labute approximate surface area is 146 Å². The van der Waals surface area contributed by atoms with Gasteiger partial charge in [-0.2, -0.15) is 14.9 Å². The van der Waals surface area contributed by atoms with Crippen LogP contribution in [0, 0.1) is 10.6 Å². The SMILES string of the molecule is Fc1ccc(-c2n[nH]c(=S)n2N=Cc2cccc(Cl)c2Cl)cc1. The summed E-state index contributed by atoms with van der Waals surface area (Å²) in [6, 6.07) is 11.1. The molecule has 0 aliphatic heterocycles. The first-order valence-corrected chi connectivity index (χ1v) is 7.64. The van der Waals surface area contributed by atoms with Crippen molar-refractivity contribution in [2.24, 2.45) is 5.10 Å². The summed E-state index contributed by atoms with van der Waals surface area (Å²) in [5.74, 6) is 0.132. The molecule has 1 N–H and O–H groups in total. The molecule has 4 nitrogen and oxygen atoms in total. The Morgan fingerprint density at radius 3 is 2.65 bits per heavy atom. The summed E-state index contributed by atoms with van der Waals surface area (Å²) in [4.78, 5) is 0. The minimum absolute atomic E-state index is 0.304. The van der Waals surface area contributed by atoms with Crippen molar-refractivity contribution < 1.29 is 4.39 Å². The number of aromatic amines is 1. The van der Waals surface area contributed by atoms with E-state index in [1.165, 1.54) is 23.0 Å². The van der Waals surface area contributed by atoms with Crippen LogP contribution in [0.25, 0.3) is 11.4 Å². The molecular formula is C15H9Cl2FN4S. The van der Waals surface area contributed by atoms with Crippen LogP contribution in [0.5, 0.6) is 0 Å². The number of H-pyrrole nitrogens is 1. The van der Waals surface area contributed by atoms with Crippen LogP contribution in [0.2, 0.25) is 10.0 Å². The lowest BCUT2D eigenvalue weighted by molar-refractivity contribution is 0.628. The topological polar surface area (TPSA) is 46.0 Å². The van der Waals surface area contributed by atoms with E-state index in [1.54, 1.807) is 30.3 Å². The quantitative estimate of drug-likeness (QED) is 0.527. The van der Waals surface area contributed by atoms with Gasteiger partial charge in [0.1, 0.15) is 5.82 Å². The van der Waals surface area contributed by atoms with E-state index in [1.807, 2.05) is 0 Å². The Morgan fingerprint density at radius 1 is 1.17 bits per heavy atom. The van der Waals surface area contributed by atoms with E-state index in [0.717, 1.165) is 0 Å². The molecule has 0 unspecified atom stereocenters. The number of aromatic nitrogens is 3. The van der Waals surface area contributed by atoms with Gasteiger partial charge >= 0.3 is 0 Å². The second kappa shape index (κ2) is 6.62. The van der Waals surface area contributed by atoms with Crippen LogP contribution in [-0.2, 0) is 0 Å². The molecule has 0 atom stereocenters. The fraction of sp³-hybridized carbons (Fsp3) is 0. The highest BCUT2D eigenvalue weighted by Crippen LogP contribution is 2.24. The molecule has 116 valence electrons. The van der Waals surface area contributed by atoms with Gasteiger partial charge in [0.15, 0.2) is 5.82 Å². The van der Waals surface area contributed by atoms with Crippen LogP contribution >= 0.6 is 35.4 Å². The molecule has 3 rings (SSSR count). The third kappa shape index (κ3) is 3.34. The number of benzene rings is 2. The van der Waals surface area contributed by atoms with Crippen LogP contribution in [0.4, 0.5) is 4.39 Å². The Balaban J connectivity index is 2.02. The summed E-state index contributed by atoms with van der Waals surface area (Å²) in [6.45, 7) is 0. The molecule has 1 heterocycles. The van der Waals surface area contributed by atoms with Crippen molar-refractivity contribution in [1.82, 2.24) is 14.9 Å². The van der Waals surface area contributed by atoms with E-state index >= 15 is 0 Å². The second-order valence-electron chi connectivity index (χ2n) is 4.56. The Hall–Kier alpha value is -2.02. The van der Waals surface area contributed by atoms with Gasteiger partial charge in [-0.15, -0.1) is 0 Å². The fourth-order valence-electron chi connectivity index (χ4n) is 1.92. The van der Waals surface area contributed by atoms with Crippen molar-refractivity contribution in [3.8, 4) is 11.4 Å². The molecule has 8 heteroatoms. The van der Waals surface area contributed by atoms with Gasteiger partial charge in [0.25, 0.3) is 0 Å². The lowest BCUT2D eigenvalue weighted by atomic mass is 10.2. The van der Waals surface area contributed by atoms with Crippen LogP contribution in [0.1, 0.15) is 5.56 Å². The Kier molecular flexibility index (Phi) is 4.56. The van der Waals surface area contributed by atoms with E-state index < -0.39 is 0 Å². The minimum atomic E-state index is -0.330. The maximum Gasteiger partial charge on any atom is 0.216 e. The molecule has 0 fully saturated rings. The number of nitrogens with zero attached hydrogens (tertiary/aromatic N) is 3. The Morgan fingerprint density at radius 2 is 1.91 bits per heavy atom. The number of nitrogens with one attached hydrogen (secondary N) is 1. The molecule has 0 spiro atoms. The monoisotopic (exact) mass is 366 g/mol. The molecule has 0 bridgehead atoms. The van der Waals surface area contributed by atoms with Crippen molar-refractivity contribution in [3.05, 3.63) is 68.7 Å². The zero-order chi connectivity index (χ0) is 16.4. The average Bonchev–Trinajstić information content (AvgIpc) is 2.91. The van der Waals surface area contributed by atoms with Crippen molar-refractivity contribution in [2.75, 3.05) is 0 Å². The highest BCUT2D eigenvalue weighted by atomic mass is 35.5. The number of rotatable bonds is 3. The minimum Gasteiger partial charge on any atom is -0.250 e. The van der Waals surface area contributed by atoms with E-state index in [9.17, 15) is 4.39 Å². The average molecular weight is 367 g/mol. The van der Waals surface area contributed by atoms with Gasteiger partial charge in [0, 0.05) is 11.1 Å². The van der Waals surface area contributed by atoms with Crippen LogP contribution < -0.4 is 0 Å². The molecular weight excluding hydrogens is 358 g/mol. The third-order valence-electron chi connectivity index (χ3n) is 3.05. The van der Waals surface area contributed by atoms with Crippen LogP contribution in [0.3, 0.4) is 0 Å². The third-order valence-corrected chi connectivity index (χ3v) is 4.14. The zero-order valence-electron chi connectivity index (χ0n) is 11.5. The second-order valence-corrected chi connectivity index (χ2v) is 5.73. The van der Waals surface area contributed by atoms with E-state index in [4.69, 9.17) is 35.4 Å². The molecule has 0 aliphatic carbocycles. The van der Waals surface area contributed by atoms with Gasteiger partial charge in [-0.25, -0.2) is 9.49 Å². The lowest BCUT2D eigenvalue weighted by Crippen LogP contribution is -1.95. The van der Waals surface area contributed by atoms with Gasteiger partial charge in [-0.05, 0) is 42.5 Å². The normalized spacial score (nSPS) is 11.3. The summed E-state index contributed by atoms with van der Waals surface area (Å²) in [5.41, 5.74) is 1.32. The van der Waals surface area contributed by atoms with Gasteiger partial charge in [-0.1, -0.05) is 35.3 Å². The maximum absolute atomic E-state index is 13.0. The van der Waals surface area contributed by atoms with Gasteiger partial charge in [0.2, 0.25) is 4.77 Å². The van der Waals surface area contributed by atoms with Gasteiger partial charge in [-0.3, -0.25) is 0 Å². The number of hydrogen-bond donors (Lipinski definition) is 1. The highest BCUT2D eigenvalue weighted by molar-refractivity contribution is 7.71. The zero-order valence-corrected chi connectivity index (χ0v) is 13.8. The first-order chi connectivity index (χ1) is 11.1. The van der Waals surface area contributed by atoms with Crippen molar-refractivity contribution >= 4 is 41.6 Å². The summed E-state index contributed by atoms with van der Waals surface area (Å²) < 4.78 is 14.8. The summed E-state index contributed by atoms with van der Waals surface area (Å²) >= 11 is 17.3. The lowest BCUT2D eigenvalue weighted by Gasteiger charge is -2.02. The molecule has 23 heavy (non-hydrogen) atoms. The predicted octanol–water partition coefficient (Wildman–Crippen LogP) is 4.94.